The Morgan fingerprint density at radius 2 is 1.65 bits per heavy atom. The molecule has 164 valence electrons. The van der Waals surface area contributed by atoms with Crippen LogP contribution in [0.1, 0.15) is 39.2 Å². The molecule has 8 nitrogen and oxygen atoms in total. The van der Waals surface area contributed by atoms with Gasteiger partial charge in [0.15, 0.2) is 11.5 Å². The van der Waals surface area contributed by atoms with Crippen molar-refractivity contribution in [1.29, 1.82) is 0 Å². The molecule has 0 aliphatic rings. The highest BCUT2D eigenvalue weighted by Gasteiger charge is 2.07. The summed E-state index contributed by atoms with van der Waals surface area (Å²) in [5.74, 6) is 1.03. The molecule has 0 aliphatic heterocycles. The minimum Gasteiger partial charge on any atom is -0.339 e. The van der Waals surface area contributed by atoms with Crippen LogP contribution in [-0.2, 0) is 6.54 Å². The van der Waals surface area contributed by atoms with Gasteiger partial charge in [-0.15, -0.1) is 0 Å². The van der Waals surface area contributed by atoms with E-state index in [0.29, 0.717) is 29.3 Å². The number of amides is 2. The Balaban J connectivity index is 1.68. The molecule has 8 heteroatoms. The Hall–Kier alpha value is -3.26. The highest BCUT2D eigenvalue weighted by Crippen LogP contribution is 2.19. The quantitative estimate of drug-likeness (QED) is 0.445. The van der Waals surface area contributed by atoms with Gasteiger partial charge in [-0.2, -0.15) is 0 Å². The molecule has 3 rings (SSSR count). The molecular formula is C23H31N7O. The molecule has 2 heterocycles. The molecule has 2 aromatic heterocycles. The summed E-state index contributed by atoms with van der Waals surface area (Å²) in [4.78, 5) is 27.5. The smallest absolute Gasteiger partial charge is 0.320 e. The van der Waals surface area contributed by atoms with E-state index in [1.165, 1.54) is 5.56 Å². The number of rotatable bonds is 10. The van der Waals surface area contributed by atoms with Crippen LogP contribution in [0.25, 0.3) is 11.2 Å². The van der Waals surface area contributed by atoms with Gasteiger partial charge in [-0.05, 0) is 62.7 Å². The van der Waals surface area contributed by atoms with E-state index in [1.807, 2.05) is 6.92 Å². The number of aromatic nitrogens is 3. The molecule has 0 saturated carbocycles. The number of hydrogen-bond donors (Lipinski definition) is 3. The van der Waals surface area contributed by atoms with Crippen LogP contribution in [0.15, 0.2) is 42.6 Å². The third-order valence-electron chi connectivity index (χ3n) is 4.70. The summed E-state index contributed by atoms with van der Waals surface area (Å²) in [5.41, 5.74) is 3.35. The first kappa shape index (κ1) is 22.4. The summed E-state index contributed by atoms with van der Waals surface area (Å²) >= 11 is 0. The molecule has 2 amide bonds. The van der Waals surface area contributed by atoms with Crippen LogP contribution in [0.4, 0.5) is 22.1 Å². The molecular weight excluding hydrogens is 390 g/mol. The van der Waals surface area contributed by atoms with Gasteiger partial charge in [0.05, 0.1) is 6.20 Å². The second-order valence-corrected chi connectivity index (χ2v) is 7.38. The van der Waals surface area contributed by atoms with Crippen LogP contribution in [0, 0.1) is 0 Å². The van der Waals surface area contributed by atoms with Crippen LogP contribution >= 0.6 is 0 Å². The van der Waals surface area contributed by atoms with Crippen LogP contribution in [-0.4, -0.2) is 45.5 Å². The van der Waals surface area contributed by atoms with E-state index in [-0.39, 0.29) is 6.03 Å². The maximum absolute atomic E-state index is 11.7. The van der Waals surface area contributed by atoms with Crippen molar-refractivity contribution in [1.82, 2.24) is 25.2 Å². The highest BCUT2D eigenvalue weighted by molar-refractivity contribution is 5.89. The van der Waals surface area contributed by atoms with Crippen LogP contribution < -0.4 is 16.0 Å². The van der Waals surface area contributed by atoms with Crippen LogP contribution in [0.5, 0.6) is 0 Å². The lowest BCUT2D eigenvalue weighted by atomic mass is 10.2. The molecule has 1 aromatic carbocycles. The third kappa shape index (κ3) is 6.62. The fourth-order valence-electron chi connectivity index (χ4n) is 3.35. The van der Waals surface area contributed by atoms with E-state index in [9.17, 15) is 4.79 Å². The predicted octanol–water partition coefficient (Wildman–Crippen LogP) is 4.53. The molecule has 0 spiro atoms. The average Bonchev–Trinajstić information content (AvgIpc) is 2.75. The van der Waals surface area contributed by atoms with Crippen molar-refractivity contribution in [2.45, 2.75) is 40.2 Å². The number of nitrogens with zero attached hydrogens (tertiary/aromatic N) is 4. The van der Waals surface area contributed by atoms with Crippen LogP contribution in [0.3, 0.4) is 0 Å². The molecule has 0 saturated heterocycles. The lowest BCUT2D eigenvalue weighted by Crippen LogP contribution is -2.28. The number of benzene rings is 1. The zero-order valence-electron chi connectivity index (χ0n) is 18.5. The number of hydrogen-bond acceptors (Lipinski definition) is 6. The van der Waals surface area contributed by atoms with E-state index in [1.54, 1.807) is 18.3 Å². The lowest BCUT2D eigenvalue weighted by Gasteiger charge is -2.21. The van der Waals surface area contributed by atoms with E-state index < -0.39 is 0 Å². The van der Waals surface area contributed by atoms with Gasteiger partial charge in [0.25, 0.3) is 0 Å². The van der Waals surface area contributed by atoms with Gasteiger partial charge in [-0.3, -0.25) is 10.2 Å². The first-order valence-corrected chi connectivity index (χ1v) is 10.9. The molecule has 0 unspecified atom stereocenters. The average molecular weight is 422 g/mol. The van der Waals surface area contributed by atoms with Crippen molar-refractivity contribution in [3.05, 3.63) is 48.2 Å². The van der Waals surface area contributed by atoms with Crippen LogP contribution in [0.2, 0.25) is 0 Å². The number of carbonyl (C=O) groups excluding carboxylic acids is 1. The van der Waals surface area contributed by atoms with Crippen molar-refractivity contribution < 1.29 is 4.79 Å². The second-order valence-electron chi connectivity index (χ2n) is 7.38. The normalized spacial score (nSPS) is 11.0. The Morgan fingerprint density at radius 1 is 0.935 bits per heavy atom. The van der Waals surface area contributed by atoms with Gasteiger partial charge in [0, 0.05) is 18.8 Å². The topological polar surface area (TPSA) is 95.1 Å². The summed E-state index contributed by atoms with van der Waals surface area (Å²) < 4.78 is 0. The maximum atomic E-state index is 11.7. The first-order chi connectivity index (χ1) is 15.1. The van der Waals surface area contributed by atoms with Gasteiger partial charge in [-0.1, -0.05) is 26.0 Å². The van der Waals surface area contributed by atoms with Crippen molar-refractivity contribution in [3.63, 3.8) is 0 Å². The Labute approximate surface area is 183 Å². The van der Waals surface area contributed by atoms with Crippen molar-refractivity contribution in [2.24, 2.45) is 0 Å². The summed E-state index contributed by atoms with van der Waals surface area (Å²) in [6, 6.07) is 11.6. The van der Waals surface area contributed by atoms with Crippen molar-refractivity contribution in [3.8, 4) is 0 Å². The Bertz CT molecular complexity index is 985. The van der Waals surface area contributed by atoms with E-state index in [2.05, 4.69) is 73.9 Å². The molecule has 0 bridgehead atoms. The van der Waals surface area contributed by atoms with Gasteiger partial charge in [0.2, 0.25) is 0 Å². The molecule has 31 heavy (non-hydrogen) atoms. The monoisotopic (exact) mass is 421 g/mol. The minimum absolute atomic E-state index is 0.298. The third-order valence-corrected chi connectivity index (χ3v) is 4.70. The zero-order valence-corrected chi connectivity index (χ0v) is 18.5. The SMILES string of the molecule is CCCN(CCC)Cc1ccc(Nc2cnc3ccc(NC(=O)NCC)nc3n2)cc1. The predicted molar refractivity (Wildman–Crippen MR) is 126 cm³/mol. The highest BCUT2D eigenvalue weighted by atomic mass is 16.2. The van der Waals surface area contributed by atoms with Crippen molar-refractivity contribution in [2.75, 3.05) is 30.3 Å². The Kier molecular flexibility index (Phi) is 8.12. The fraction of sp³-hybridized carbons (Fsp3) is 0.391. The maximum Gasteiger partial charge on any atom is 0.320 e. The summed E-state index contributed by atoms with van der Waals surface area (Å²) in [6.07, 6.45) is 4.00. The lowest BCUT2D eigenvalue weighted by molar-refractivity contribution is 0.252. The summed E-state index contributed by atoms with van der Waals surface area (Å²) in [6.45, 7) is 10.0. The second kappa shape index (κ2) is 11.2. The fourth-order valence-corrected chi connectivity index (χ4v) is 3.35. The van der Waals surface area contributed by atoms with Gasteiger partial charge in [-0.25, -0.2) is 19.7 Å². The largest absolute Gasteiger partial charge is 0.339 e. The molecule has 3 N–H and O–H groups in total. The number of carbonyl (C=O) groups is 1. The van der Waals surface area contributed by atoms with Gasteiger partial charge in [0.1, 0.15) is 11.3 Å². The number of anilines is 3. The van der Waals surface area contributed by atoms with Gasteiger partial charge < -0.3 is 10.6 Å². The van der Waals surface area contributed by atoms with Crippen molar-refractivity contribution >= 4 is 34.5 Å². The molecule has 0 atom stereocenters. The number of pyridine rings is 1. The molecule has 0 fully saturated rings. The number of nitrogens with one attached hydrogen (secondary N) is 3. The minimum atomic E-state index is -0.298. The molecule has 0 aliphatic carbocycles. The first-order valence-electron chi connectivity index (χ1n) is 10.9. The standard InChI is InChI=1S/C23H31N7O/c1-4-13-30(14-5-2)16-17-7-9-18(10-8-17)26-21-15-25-19-11-12-20(27-22(19)28-21)29-23(31)24-6-3/h7-12,15H,4-6,13-14,16H2,1-3H3,(H3,24,26,27,28,29,31). The summed E-state index contributed by atoms with van der Waals surface area (Å²) in [5, 5.41) is 8.65. The summed E-state index contributed by atoms with van der Waals surface area (Å²) in [7, 11) is 0. The molecule has 0 radical (unpaired) electrons. The Morgan fingerprint density at radius 3 is 2.32 bits per heavy atom. The van der Waals surface area contributed by atoms with E-state index in [0.717, 1.165) is 38.2 Å². The molecule has 3 aromatic rings. The zero-order chi connectivity index (χ0) is 22.1. The number of fused-ring (bicyclic) bond motifs is 1. The van der Waals surface area contributed by atoms with E-state index >= 15 is 0 Å². The number of urea groups is 1. The van der Waals surface area contributed by atoms with Gasteiger partial charge >= 0.3 is 6.03 Å². The van der Waals surface area contributed by atoms with E-state index in [4.69, 9.17) is 0 Å².